The number of nitrogens with one attached hydrogen (secondary N) is 1. The number of aromatic carboxylic acids is 1. The summed E-state index contributed by atoms with van der Waals surface area (Å²) in [6.07, 6.45) is -2.88. The summed E-state index contributed by atoms with van der Waals surface area (Å²) in [6.45, 7) is 0. The highest BCUT2D eigenvalue weighted by Gasteiger charge is 2.30. The van der Waals surface area contributed by atoms with Gasteiger partial charge in [-0.15, -0.1) is 0 Å². The van der Waals surface area contributed by atoms with Crippen molar-refractivity contribution in [3.8, 4) is 5.75 Å². The molecule has 0 aliphatic rings. The first kappa shape index (κ1) is 21.0. The molecule has 2 N–H and O–H groups in total. The van der Waals surface area contributed by atoms with Crippen molar-refractivity contribution in [3.63, 3.8) is 0 Å². The molecule has 0 saturated heterocycles. The summed E-state index contributed by atoms with van der Waals surface area (Å²) < 4.78 is 43.2. The molecule has 3 aromatic rings. The van der Waals surface area contributed by atoms with Gasteiger partial charge in [0.2, 0.25) is 0 Å². The second kappa shape index (κ2) is 8.32. The Bertz CT molecular complexity index is 1040. The van der Waals surface area contributed by atoms with E-state index in [9.17, 15) is 23.1 Å². The Labute approximate surface area is 170 Å². The minimum Gasteiger partial charge on any atom is -0.497 e. The van der Waals surface area contributed by atoms with Gasteiger partial charge >= 0.3 is 12.1 Å². The molecule has 0 atom stereocenters. The number of nitrogens with zero attached hydrogens (tertiary/aromatic N) is 2. The van der Waals surface area contributed by atoms with Gasteiger partial charge in [0.15, 0.2) is 0 Å². The van der Waals surface area contributed by atoms with Gasteiger partial charge in [0.25, 0.3) is 0 Å². The number of benzene rings is 2. The Hall–Kier alpha value is -3.75. The molecule has 2 aromatic carbocycles. The van der Waals surface area contributed by atoms with E-state index in [4.69, 9.17) is 4.74 Å². The summed E-state index contributed by atoms with van der Waals surface area (Å²) in [5.74, 6) is -0.180. The number of carbonyl (C=O) groups is 1. The van der Waals surface area contributed by atoms with Gasteiger partial charge in [-0.25, -0.2) is 9.78 Å². The highest BCUT2D eigenvalue weighted by Crippen LogP contribution is 2.32. The molecule has 0 saturated carbocycles. The van der Waals surface area contributed by atoms with Crippen molar-refractivity contribution in [2.45, 2.75) is 6.18 Å². The van der Waals surface area contributed by atoms with Crippen LogP contribution in [0.3, 0.4) is 0 Å². The zero-order valence-corrected chi connectivity index (χ0v) is 16.1. The first-order chi connectivity index (χ1) is 14.2. The lowest BCUT2D eigenvalue weighted by molar-refractivity contribution is -0.137. The summed E-state index contributed by atoms with van der Waals surface area (Å²) in [7, 11) is 3.13. The number of pyridine rings is 1. The van der Waals surface area contributed by atoms with E-state index in [1.165, 1.54) is 31.5 Å². The van der Waals surface area contributed by atoms with E-state index in [1.54, 1.807) is 36.2 Å². The Morgan fingerprint density at radius 1 is 1.10 bits per heavy atom. The van der Waals surface area contributed by atoms with Crippen LogP contribution in [0.1, 0.15) is 15.9 Å². The van der Waals surface area contributed by atoms with Gasteiger partial charge in [0.05, 0.1) is 35.8 Å². The molecule has 0 amide bonds. The molecule has 156 valence electrons. The van der Waals surface area contributed by atoms with Gasteiger partial charge in [-0.05, 0) is 54.6 Å². The maximum Gasteiger partial charge on any atom is 0.416 e. The van der Waals surface area contributed by atoms with Crippen LogP contribution in [-0.4, -0.2) is 30.2 Å². The van der Waals surface area contributed by atoms with E-state index in [1.807, 2.05) is 0 Å². The van der Waals surface area contributed by atoms with Crippen molar-refractivity contribution in [3.05, 3.63) is 71.9 Å². The standard InChI is InChI=1S/C21H18F3N3O3/c1-27(15-6-3-13(4-7-15)21(22,23)24)19-10-5-14(12-25-19)26-18-9-8-16(30-2)11-17(18)20(28)29/h3-12,26H,1-2H3,(H,28,29). The maximum absolute atomic E-state index is 12.7. The number of hydrogen-bond acceptors (Lipinski definition) is 5. The van der Waals surface area contributed by atoms with E-state index in [2.05, 4.69) is 10.3 Å². The first-order valence-corrected chi connectivity index (χ1v) is 8.74. The van der Waals surface area contributed by atoms with Gasteiger partial charge < -0.3 is 20.1 Å². The van der Waals surface area contributed by atoms with Gasteiger partial charge in [-0.1, -0.05) is 0 Å². The van der Waals surface area contributed by atoms with Crippen molar-refractivity contribution >= 4 is 28.8 Å². The van der Waals surface area contributed by atoms with Crippen LogP contribution in [0.25, 0.3) is 0 Å². The summed E-state index contributed by atoms with van der Waals surface area (Å²) >= 11 is 0. The fourth-order valence-corrected chi connectivity index (χ4v) is 2.76. The van der Waals surface area contributed by atoms with Crippen molar-refractivity contribution < 1.29 is 27.8 Å². The minimum atomic E-state index is -4.39. The van der Waals surface area contributed by atoms with Gasteiger partial charge in [-0.3, -0.25) is 0 Å². The van der Waals surface area contributed by atoms with Crippen molar-refractivity contribution in [1.29, 1.82) is 0 Å². The van der Waals surface area contributed by atoms with Crippen LogP contribution >= 0.6 is 0 Å². The number of anilines is 4. The zero-order valence-electron chi connectivity index (χ0n) is 16.1. The third-order valence-corrected chi connectivity index (χ3v) is 4.41. The third-order valence-electron chi connectivity index (χ3n) is 4.41. The van der Waals surface area contributed by atoms with Crippen LogP contribution in [0.15, 0.2) is 60.8 Å². The number of alkyl halides is 3. The van der Waals surface area contributed by atoms with E-state index in [0.717, 1.165) is 12.1 Å². The Balaban J connectivity index is 1.77. The van der Waals surface area contributed by atoms with Crippen molar-refractivity contribution in [2.24, 2.45) is 0 Å². The number of methoxy groups -OCH3 is 1. The molecule has 30 heavy (non-hydrogen) atoms. The molecule has 1 heterocycles. The number of carboxylic acid groups (broad SMARTS) is 1. The minimum absolute atomic E-state index is 0.0419. The zero-order chi connectivity index (χ0) is 21.9. The lowest BCUT2D eigenvalue weighted by atomic mass is 10.1. The molecule has 0 bridgehead atoms. The first-order valence-electron chi connectivity index (χ1n) is 8.74. The predicted octanol–water partition coefficient (Wildman–Crippen LogP) is 5.32. The van der Waals surface area contributed by atoms with Gasteiger partial charge in [-0.2, -0.15) is 13.2 Å². The van der Waals surface area contributed by atoms with Gasteiger partial charge in [0, 0.05) is 12.7 Å². The molecule has 1 aromatic heterocycles. The average Bonchev–Trinajstić information content (AvgIpc) is 2.73. The Morgan fingerprint density at radius 3 is 2.33 bits per heavy atom. The molecular formula is C21H18F3N3O3. The number of hydrogen-bond donors (Lipinski definition) is 2. The van der Waals surface area contributed by atoms with Crippen LogP contribution in [0.5, 0.6) is 5.75 Å². The quantitative estimate of drug-likeness (QED) is 0.566. The fraction of sp³-hybridized carbons (Fsp3) is 0.143. The summed E-state index contributed by atoms with van der Waals surface area (Å²) in [6, 6.07) is 12.8. The molecule has 3 rings (SSSR count). The Morgan fingerprint density at radius 2 is 1.80 bits per heavy atom. The molecular weight excluding hydrogens is 399 g/mol. The van der Waals surface area contributed by atoms with Crippen LogP contribution < -0.4 is 15.0 Å². The molecule has 9 heteroatoms. The van der Waals surface area contributed by atoms with E-state index in [-0.39, 0.29) is 5.56 Å². The third kappa shape index (κ3) is 4.62. The summed E-state index contributed by atoms with van der Waals surface area (Å²) in [5.41, 5.74) is 0.780. The smallest absolute Gasteiger partial charge is 0.416 e. The number of ether oxygens (including phenoxy) is 1. The lowest BCUT2D eigenvalue weighted by Gasteiger charge is -2.19. The summed E-state index contributed by atoms with van der Waals surface area (Å²) in [4.78, 5) is 17.4. The second-order valence-corrected chi connectivity index (χ2v) is 6.35. The van der Waals surface area contributed by atoms with Crippen LogP contribution in [0.4, 0.5) is 36.1 Å². The molecule has 0 radical (unpaired) electrons. The molecule has 0 aliphatic carbocycles. The average molecular weight is 417 g/mol. The fourth-order valence-electron chi connectivity index (χ4n) is 2.76. The highest BCUT2D eigenvalue weighted by molar-refractivity contribution is 5.95. The van der Waals surface area contributed by atoms with Crippen molar-refractivity contribution in [1.82, 2.24) is 4.98 Å². The number of rotatable bonds is 6. The molecule has 0 aliphatic heterocycles. The number of carboxylic acids is 1. The normalized spacial score (nSPS) is 11.1. The van der Waals surface area contributed by atoms with Crippen LogP contribution in [-0.2, 0) is 6.18 Å². The van der Waals surface area contributed by atoms with Crippen molar-refractivity contribution in [2.75, 3.05) is 24.4 Å². The summed E-state index contributed by atoms with van der Waals surface area (Å²) in [5, 5.41) is 12.4. The van der Waals surface area contributed by atoms with E-state index in [0.29, 0.717) is 28.6 Å². The second-order valence-electron chi connectivity index (χ2n) is 6.35. The highest BCUT2D eigenvalue weighted by atomic mass is 19.4. The predicted molar refractivity (Wildman–Crippen MR) is 107 cm³/mol. The number of halogens is 3. The SMILES string of the molecule is COc1ccc(Nc2ccc(N(C)c3ccc(C(F)(F)F)cc3)nc2)c(C(=O)O)c1. The van der Waals surface area contributed by atoms with Crippen LogP contribution in [0, 0.1) is 0 Å². The molecule has 0 spiro atoms. The van der Waals surface area contributed by atoms with E-state index < -0.39 is 17.7 Å². The van der Waals surface area contributed by atoms with E-state index >= 15 is 0 Å². The molecule has 0 unspecified atom stereocenters. The van der Waals surface area contributed by atoms with Crippen LogP contribution in [0.2, 0.25) is 0 Å². The maximum atomic E-state index is 12.7. The number of aromatic nitrogens is 1. The molecule has 0 fully saturated rings. The largest absolute Gasteiger partial charge is 0.497 e. The monoisotopic (exact) mass is 417 g/mol. The topological polar surface area (TPSA) is 74.7 Å². The molecule has 6 nitrogen and oxygen atoms in total. The Kier molecular flexibility index (Phi) is 5.81. The lowest BCUT2D eigenvalue weighted by Crippen LogP contribution is -2.12. The van der Waals surface area contributed by atoms with Gasteiger partial charge in [0.1, 0.15) is 11.6 Å².